The summed E-state index contributed by atoms with van der Waals surface area (Å²) in [6, 6.07) is 15.4. The minimum absolute atomic E-state index is 0. The van der Waals surface area contributed by atoms with Gasteiger partial charge in [-0.25, -0.2) is 5.06 Å². The zero-order valence-corrected chi connectivity index (χ0v) is 69.8. The Hall–Kier alpha value is 0.0574. The summed E-state index contributed by atoms with van der Waals surface area (Å²) in [6.45, 7) is 10.5. The lowest BCUT2D eigenvalue weighted by molar-refractivity contribution is -0.188. The van der Waals surface area contributed by atoms with E-state index >= 15 is 0 Å². The first kappa shape index (κ1) is 101. The Kier molecular flexibility index (Phi) is 38.6. The number of rotatable bonds is 28. The lowest BCUT2D eigenvalue weighted by Gasteiger charge is -2.62. The van der Waals surface area contributed by atoms with E-state index in [0.717, 1.165) is 105 Å². The fraction of sp³-hybridized carbons (Fsp3) is 0.770. The zero-order valence-electron chi connectivity index (χ0n) is 68.2. The second-order valence-electron chi connectivity index (χ2n) is 36.1. The third-order valence-corrected chi connectivity index (χ3v) is 30.2. The predicted octanol–water partition coefficient (Wildman–Crippen LogP) is -2.18. The molecule has 0 aliphatic heterocycles. The van der Waals surface area contributed by atoms with Crippen LogP contribution in [0.3, 0.4) is 0 Å². The molecule has 112 heavy (non-hydrogen) atoms. The van der Waals surface area contributed by atoms with Gasteiger partial charge in [0.1, 0.15) is 11.5 Å². The minimum atomic E-state index is -1.25. The summed E-state index contributed by atoms with van der Waals surface area (Å²) < 4.78 is 23.1. The molecular weight excluding hydrogens is 1400 g/mol. The third-order valence-electron chi connectivity index (χ3n) is 29.7. The molecule has 524 valence electrons. The van der Waals surface area contributed by atoms with Gasteiger partial charge in [-0.1, -0.05) is 55.4 Å². The highest BCUT2D eigenvalue weighted by atomic mass is 79.9. The Balaban J connectivity index is 0.000000248. The molecule has 0 saturated heterocycles. The molecule has 0 heterocycles. The molecule has 8 aliphatic carbocycles. The van der Waals surface area contributed by atoms with Crippen molar-refractivity contribution in [2.75, 3.05) is 55.8 Å². The summed E-state index contributed by atoms with van der Waals surface area (Å²) in [4.78, 5) is 31.9. The highest BCUT2D eigenvalue weighted by Gasteiger charge is 2.66. The van der Waals surface area contributed by atoms with Crippen LogP contribution >= 0.6 is 15.9 Å². The molecule has 0 bridgehead atoms. The van der Waals surface area contributed by atoms with Crippen LogP contribution in [0.1, 0.15) is 161 Å². The average Bonchev–Trinajstić information content (AvgIpc) is 1.38. The molecule has 51 heteroatoms. The maximum absolute atomic E-state index is 13.7. The summed E-state index contributed by atoms with van der Waals surface area (Å²) in [5, 5.41) is 23.0. The molecule has 8 fully saturated rings. The Labute approximate surface area is 723 Å². The van der Waals surface area contributed by atoms with Crippen LogP contribution in [0.4, 0.5) is 0 Å². The summed E-state index contributed by atoms with van der Waals surface area (Å²) >= 11 is 3.32. The number of ether oxygens (including phenoxy) is 4. The van der Waals surface area contributed by atoms with E-state index in [0.29, 0.717) is 53.1 Å². The van der Waals surface area contributed by atoms with Gasteiger partial charge in [0.05, 0.1) is 45.7 Å². The molecule has 42 radical (unpaired) electrons. The number of hydrogen-bond acceptors (Lipinski definition) is 9. The van der Waals surface area contributed by atoms with E-state index in [-0.39, 0.29) is 46.8 Å². The Morgan fingerprint density at radius 3 is 1.13 bits per heavy atom. The highest BCUT2D eigenvalue weighted by Crippen LogP contribution is 2.70. The van der Waals surface area contributed by atoms with Gasteiger partial charge in [0.25, 0.3) is 0 Å². The van der Waals surface area contributed by atoms with Crippen LogP contribution in [0, 0.1) is 80.8 Å². The number of benzene rings is 2. The van der Waals surface area contributed by atoms with Crippen LogP contribution in [0.25, 0.3) is 0 Å². The number of hydroxylamine groups is 2. The SMILES string of the molecule is C.COC[C@]12CC[C@@](C)(O)C[C@@H]1CC[C@H]1[C@@H]3CC[C@H](C(=O)N(C)OC)[C@@]3(C)CC[C@@H]12.COC[C@]12CC[C@@](C)(O)C[C@@H]1CC[C@H]1[C@@H]3CC[C@H](C(=O)c4cccc(OC)c4)[C@@]3(C)CC[C@@H]12.COc1cccc(Br)c1.[B]B([B])B([B])B(B([B])[B])B(B(B(B([B])[B])B([B])[B])B(B([B])[B])B([B])[B])B(B(B([B])[B])B([B])[B])B(B([B])[B])B([B])[B]. The number of nitrogens with zero attached hydrogens (tertiary/aromatic N) is 1. The van der Waals surface area contributed by atoms with Crippen molar-refractivity contribution in [1.29, 1.82) is 0 Å². The van der Waals surface area contributed by atoms with Gasteiger partial charge in [0.15, 0.2) is 5.78 Å². The Morgan fingerprint density at radius 1 is 0.438 bits per heavy atom. The van der Waals surface area contributed by atoms with Gasteiger partial charge in [-0.15, -0.1) is 0 Å². The van der Waals surface area contributed by atoms with Crippen LogP contribution in [-0.2, 0) is 19.1 Å². The van der Waals surface area contributed by atoms with Gasteiger partial charge >= 0.3 is 0 Å². The quantitative estimate of drug-likeness (QED) is 0.0557. The number of amides is 1. The molecule has 0 spiro atoms. The topological polar surface area (TPSA) is 124 Å². The van der Waals surface area contributed by atoms with E-state index in [9.17, 15) is 19.8 Å². The van der Waals surface area contributed by atoms with Crippen LogP contribution in [-0.4, -0.2) is 378 Å². The van der Waals surface area contributed by atoms with Gasteiger partial charge < -0.3 is 29.2 Å². The van der Waals surface area contributed by atoms with E-state index in [2.05, 4.69) is 29.8 Å². The standard InChI is InChI=1S/C29H42O4.C24H41NO4.C7H7BrO.CH4.B40/c1-27(31)14-15-29(18-32-3)20(17-27)8-9-22-23-10-11-25(28(23,2)13-12-24(22)29)26(30)19-6-5-7-21(16-19)33-4;1-22(27)12-13-24(15-28-4)16(14-22)6-7-17-18-8-9-20(21(26)25(3)29-5)23(18,2)11-10-19(17)24;1-9-7-4-2-3-6(8)5-7;;1-22(2)32(21)37(31(19)20)40(38(33(23(3)4)24(5)6)34(25(7)8)26(9)10)39(35(27(11)12)28(13)14)36(29(15)16)30(17)18/h5-7,16,20,22-25,31H,8-15,17-18H2,1-4H3;16-20,27H,6-15H2,1-5H3;2-5H,1H3;1H4;/t20-,22-,23-,24-,25+,27+,28-,29+;16-,17-,18-,19-,20+,22+,23-,24+;;;/m00.../s1. The number of carbonyl (C=O) groups excluding carboxylic acids is 2. The molecule has 2 aromatic carbocycles. The van der Waals surface area contributed by atoms with Crippen molar-refractivity contribution in [3.05, 3.63) is 58.6 Å². The molecule has 8 saturated carbocycles. The van der Waals surface area contributed by atoms with Crippen LogP contribution in [0.5, 0.6) is 11.5 Å². The molecule has 0 unspecified atom stereocenters. The van der Waals surface area contributed by atoms with E-state index in [4.69, 9.17) is 186 Å². The van der Waals surface area contributed by atoms with E-state index in [1.807, 2.05) is 76.6 Å². The van der Waals surface area contributed by atoms with Crippen LogP contribution in [0.15, 0.2) is 53.0 Å². The van der Waals surface area contributed by atoms with Crippen LogP contribution < -0.4 is 9.47 Å². The highest BCUT2D eigenvalue weighted by molar-refractivity contribution is 9.10. The Morgan fingerprint density at radius 2 is 0.795 bits per heavy atom. The smallest absolute Gasteiger partial charge is 0.249 e. The number of aliphatic hydroxyl groups is 2. The predicted molar refractivity (Wildman–Crippen MR) is 519 cm³/mol. The number of halogens is 1. The third kappa shape index (κ3) is 22.3. The van der Waals surface area contributed by atoms with Gasteiger partial charge in [-0.2, -0.15) is 0 Å². The molecule has 10 nitrogen and oxygen atoms in total. The number of fused-ring (bicyclic) bond motifs is 10. The largest absolute Gasteiger partial charge is 0.497 e. The summed E-state index contributed by atoms with van der Waals surface area (Å²) in [6.07, 6.45) is -2.06. The van der Waals surface area contributed by atoms with Crippen molar-refractivity contribution >= 4 is 311 Å². The minimum Gasteiger partial charge on any atom is -0.497 e. The summed E-state index contributed by atoms with van der Waals surface area (Å²) in [7, 11) is 141. The Bertz CT molecular complexity index is 3150. The second-order valence-corrected chi connectivity index (χ2v) is 37.0. The van der Waals surface area contributed by atoms with E-state index in [1.165, 1.54) is 50.0 Å². The van der Waals surface area contributed by atoms with Gasteiger partial charge in [-0.3, -0.25) is 14.4 Å². The summed E-state index contributed by atoms with van der Waals surface area (Å²) in [5.41, 5.74) is 0.350. The maximum Gasteiger partial charge on any atom is 0.249 e. The monoisotopic (exact) mass is 1500 g/mol. The van der Waals surface area contributed by atoms with Crippen molar-refractivity contribution < 1.29 is 43.6 Å². The molecule has 16 atom stereocenters. The van der Waals surface area contributed by atoms with Crippen molar-refractivity contribution in [1.82, 2.24) is 5.06 Å². The number of Topliss-reactive ketones (excluding diaryl/α,β-unsaturated/α-hetero) is 1. The average molecular weight is 1500 g/mol. The summed E-state index contributed by atoms with van der Waals surface area (Å²) in [5.74, 6) is 7.37. The molecular formula is C61H94B40BrNO9. The fourth-order valence-corrected chi connectivity index (χ4v) is 25.1. The lowest BCUT2D eigenvalue weighted by Crippen LogP contribution is -2.92. The molecule has 2 aromatic rings. The second kappa shape index (κ2) is 42.9. The first-order chi connectivity index (χ1) is 51.9. The number of carbonyl (C=O) groups is 2. The van der Waals surface area contributed by atoms with Crippen molar-refractivity contribution in [2.45, 2.75) is 162 Å². The maximum atomic E-state index is 13.7. The zero-order chi connectivity index (χ0) is 83.1. The molecule has 2 N–H and O–H groups in total. The fourth-order valence-electron chi connectivity index (χ4n) is 24.7. The number of hydrogen-bond donors (Lipinski definition) is 2. The van der Waals surface area contributed by atoms with Crippen molar-refractivity contribution in [2.24, 2.45) is 80.8 Å². The molecule has 10 rings (SSSR count). The number of ketones is 1. The van der Waals surface area contributed by atoms with Gasteiger partial charge in [0, 0.05) is 327 Å². The number of methoxy groups -OCH3 is 4. The van der Waals surface area contributed by atoms with Crippen molar-refractivity contribution in [3.63, 3.8) is 0 Å². The lowest BCUT2D eigenvalue weighted by atomic mass is 8.27. The first-order valence-corrected chi connectivity index (χ1v) is 41.3. The van der Waals surface area contributed by atoms with E-state index in [1.54, 1.807) is 28.4 Å². The normalized spacial score (nSPS) is 30.0. The van der Waals surface area contributed by atoms with Gasteiger partial charge in [0.2, 0.25) is 5.91 Å². The first-order valence-electron chi connectivity index (χ1n) is 40.5. The molecule has 0 aromatic heterocycles. The molecule has 1 amide bonds. The van der Waals surface area contributed by atoms with Crippen LogP contribution in [0.2, 0.25) is 0 Å². The van der Waals surface area contributed by atoms with E-state index < -0.39 is 133 Å². The van der Waals surface area contributed by atoms with Gasteiger partial charge in [-0.05, 0) is 229 Å². The van der Waals surface area contributed by atoms with Crippen molar-refractivity contribution in [3.8, 4) is 11.5 Å². The molecule has 8 aliphatic rings.